The van der Waals surface area contributed by atoms with Crippen molar-refractivity contribution in [3.8, 4) is 5.88 Å². The van der Waals surface area contributed by atoms with Crippen molar-refractivity contribution in [3.05, 3.63) is 11.9 Å². The van der Waals surface area contributed by atoms with Crippen molar-refractivity contribution >= 4 is 5.82 Å². The van der Waals surface area contributed by atoms with Crippen LogP contribution >= 0.6 is 0 Å². The summed E-state index contributed by atoms with van der Waals surface area (Å²) in [5, 5.41) is 15.4. The molecule has 0 aliphatic carbocycles. The smallest absolute Gasteiger partial charge is 0.221 e. The lowest BCUT2D eigenvalue weighted by molar-refractivity contribution is 0.192. The molecule has 0 radical (unpaired) electrons. The van der Waals surface area contributed by atoms with E-state index in [9.17, 15) is 0 Å². The molecule has 3 N–H and O–H groups in total. The fraction of sp³-hybridized carbons (Fsp3) is 0.636. The number of anilines is 1. The van der Waals surface area contributed by atoms with Crippen LogP contribution in [0.1, 0.15) is 12.5 Å². The Morgan fingerprint density at radius 3 is 2.82 bits per heavy atom. The molecule has 0 spiro atoms. The molecule has 0 aliphatic rings. The highest BCUT2D eigenvalue weighted by Crippen LogP contribution is 2.18. The molecule has 0 saturated carbocycles. The van der Waals surface area contributed by atoms with Crippen LogP contribution in [0, 0.1) is 6.92 Å². The lowest BCUT2D eigenvalue weighted by Gasteiger charge is -2.11. The molecule has 96 valence electrons. The van der Waals surface area contributed by atoms with Crippen molar-refractivity contribution in [3.63, 3.8) is 0 Å². The van der Waals surface area contributed by atoms with E-state index >= 15 is 0 Å². The highest BCUT2D eigenvalue weighted by Gasteiger charge is 2.05. The molecule has 1 unspecified atom stereocenters. The van der Waals surface area contributed by atoms with Crippen molar-refractivity contribution in [1.29, 1.82) is 0 Å². The third-order valence-electron chi connectivity index (χ3n) is 2.27. The molecule has 0 bridgehead atoms. The number of aliphatic hydroxyl groups excluding tert-OH is 1. The molecule has 6 heteroatoms. The summed E-state index contributed by atoms with van der Waals surface area (Å²) in [5.41, 5.74) is 0.894. The summed E-state index contributed by atoms with van der Waals surface area (Å²) >= 11 is 0. The first-order valence-corrected chi connectivity index (χ1v) is 5.63. The third kappa shape index (κ3) is 4.54. The zero-order valence-corrected chi connectivity index (χ0v) is 10.5. The highest BCUT2D eigenvalue weighted by atomic mass is 16.5. The first-order valence-electron chi connectivity index (χ1n) is 5.63. The number of nitrogens with zero attached hydrogens (tertiary/aromatic N) is 2. The van der Waals surface area contributed by atoms with E-state index in [1.54, 1.807) is 14.0 Å². The summed E-state index contributed by atoms with van der Waals surface area (Å²) in [7, 11) is 1.59. The predicted octanol–water partition coefficient (Wildman–Crippen LogP) is 0.176. The summed E-state index contributed by atoms with van der Waals surface area (Å²) in [4.78, 5) is 8.14. The molecular formula is C11H20N4O2. The lowest BCUT2D eigenvalue weighted by atomic mass is 10.3. The molecule has 1 aromatic heterocycles. The van der Waals surface area contributed by atoms with E-state index < -0.39 is 0 Å². The van der Waals surface area contributed by atoms with Gasteiger partial charge in [-0.3, -0.25) is 0 Å². The maximum atomic E-state index is 9.06. The first kappa shape index (κ1) is 13.7. The summed E-state index contributed by atoms with van der Waals surface area (Å²) in [5.74, 6) is 1.36. The van der Waals surface area contributed by atoms with Crippen LogP contribution in [0.2, 0.25) is 0 Å². The van der Waals surface area contributed by atoms with Crippen molar-refractivity contribution in [2.75, 3.05) is 32.1 Å². The van der Waals surface area contributed by atoms with Gasteiger partial charge in [0.25, 0.3) is 0 Å². The summed E-state index contributed by atoms with van der Waals surface area (Å²) in [6.07, 6.45) is 1.15. The molecular weight excluding hydrogens is 220 g/mol. The van der Waals surface area contributed by atoms with Gasteiger partial charge in [-0.05, 0) is 13.8 Å². The molecule has 0 saturated heterocycles. The zero-order valence-electron chi connectivity index (χ0n) is 10.5. The van der Waals surface area contributed by atoms with Crippen LogP contribution in [0.5, 0.6) is 5.88 Å². The van der Waals surface area contributed by atoms with E-state index in [-0.39, 0.29) is 6.10 Å². The number of hydrogen-bond donors (Lipinski definition) is 3. The quantitative estimate of drug-likeness (QED) is 0.590. The number of methoxy groups -OCH3 is 1. The molecule has 1 heterocycles. The maximum absolute atomic E-state index is 9.06. The second-order valence-corrected chi connectivity index (χ2v) is 3.84. The molecule has 6 nitrogen and oxygen atoms in total. The molecule has 0 fully saturated rings. The number of rotatable bonds is 7. The van der Waals surface area contributed by atoms with Crippen molar-refractivity contribution < 1.29 is 9.84 Å². The van der Waals surface area contributed by atoms with E-state index in [2.05, 4.69) is 20.6 Å². The molecule has 0 aliphatic heterocycles. The van der Waals surface area contributed by atoms with Gasteiger partial charge in [0.2, 0.25) is 5.88 Å². The highest BCUT2D eigenvalue weighted by molar-refractivity contribution is 5.47. The van der Waals surface area contributed by atoms with Gasteiger partial charge in [-0.2, -0.15) is 0 Å². The van der Waals surface area contributed by atoms with E-state index in [4.69, 9.17) is 9.84 Å². The summed E-state index contributed by atoms with van der Waals surface area (Å²) < 4.78 is 5.10. The Labute approximate surface area is 101 Å². The van der Waals surface area contributed by atoms with Crippen LogP contribution in [-0.4, -0.2) is 47.9 Å². The lowest BCUT2D eigenvalue weighted by Crippen LogP contribution is -2.29. The average molecular weight is 240 g/mol. The SMILES string of the molecule is COc1ncnc(NCCNCC(C)O)c1C. The second-order valence-electron chi connectivity index (χ2n) is 3.84. The van der Waals surface area contributed by atoms with E-state index in [0.29, 0.717) is 12.4 Å². The predicted molar refractivity (Wildman–Crippen MR) is 66.4 cm³/mol. The van der Waals surface area contributed by atoms with Crippen LogP contribution in [0.25, 0.3) is 0 Å². The number of hydrogen-bond acceptors (Lipinski definition) is 6. The van der Waals surface area contributed by atoms with Crippen LogP contribution in [-0.2, 0) is 0 Å². The molecule has 1 rings (SSSR count). The minimum Gasteiger partial charge on any atom is -0.481 e. The van der Waals surface area contributed by atoms with Gasteiger partial charge in [0, 0.05) is 19.6 Å². The van der Waals surface area contributed by atoms with Crippen molar-refractivity contribution in [2.24, 2.45) is 0 Å². The Bertz CT molecular complexity index is 344. The standard InChI is InChI=1S/C11H20N4O2/c1-8(16)6-12-4-5-13-10-9(2)11(17-3)15-7-14-10/h7-8,12,16H,4-6H2,1-3H3,(H,13,14,15). The minimum absolute atomic E-state index is 0.323. The molecule has 0 amide bonds. The van der Waals surface area contributed by atoms with Gasteiger partial charge in [-0.15, -0.1) is 0 Å². The van der Waals surface area contributed by atoms with E-state index in [1.165, 1.54) is 6.33 Å². The fourth-order valence-corrected chi connectivity index (χ4v) is 1.40. The van der Waals surface area contributed by atoms with Crippen LogP contribution in [0.15, 0.2) is 6.33 Å². The van der Waals surface area contributed by atoms with Gasteiger partial charge in [0.1, 0.15) is 12.1 Å². The van der Waals surface area contributed by atoms with E-state index in [0.717, 1.165) is 24.5 Å². The van der Waals surface area contributed by atoms with Gasteiger partial charge < -0.3 is 20.5 Å². The van der Waals surface area contributed by atoms with Crippen LogP contribution in [0.3, 0.4) is 0 Å². The second kappa shape index (κ2) is 7.03. The van der Waals surface area contributed by atoms with Crippen LogP contribution in [0.4, 0.5) is 5.82 Å². The Morgan fingerprint density at radius 1 is 1.41 bits per heavy atom. The number of ether oxygens (including phenoxy) is 1. The Balaban J connectivity index is 2.36. The normalized spacial score (nSPS) is 12.2. The number of aromatic nitrogens is 2. The average Bonchev–Trinajstić information content (AvgIpc) is 2.30. The number of nitrogens with one attached hydrogen (secondary N) is 2. The van der Waals surface area contributed by atoms with Gasteiger partial charge in [0.05, 0.1) is 18.8 Å². The van der Waals surface area contributed by atoms with Gasteiger partial charge in [0.15, 0.2) is 0 Å². The van der Waals surface area contributed by atoms with Gasteiger partial charge >= 0.3 is 0 Å². The maximum Gasteiger partial charge on any atom is 0.221 e. The molecule has 0 aromatic carbocycles. The summed E-state index contributed by atoms with van der Waals surface area (Å²) in [6, 6.07) is 0. The molecule has 17 heavy (non-hydrogen) atoms. The Hall–Kier alpha value is -1.40. The fourth-order valence-electron chi connectivity index (χ4n) is 1.40. The largest absolute Gasteiger partial charge is 0.481 e. The Morgan fingerprint density at radius 2 is 2.18 bits per heavy atom. The minimum atomic E-state index is -0.323. The molecule has 1 aromatic rings. The topological polar surface area (TPSA) is 79.3 Å². The Kier molecular flexibility index (Phi) is 5.65. The monoisotopic (exact) mass is 240 g/mol. The van der Waals surface area contributed by atoms with E-state index in [1.807, 2.05) is 6.92 Å². The van der Waals surface area contributed by atoms with Crippen molar-refractivity contribution in [2.45, 2.75) is 20.0 Å². The van der Waals surface area contributed by atoms with Gasteiger partial charge in [-0.25, -0.2) is 9.97 Å². The van der Waals surface area contributed by atoms with Crippen LogP contribution < -0.4 is 15.4 Å². The molecule has 1 atom stereocenters. The summed E-state index contributed by atoms with van der Waals surface area (Å²) in [6.45, 7) is 5.74. The number of aliphatic hydroxyl groups is 1. The zero-order chi connectivity index (χ0) is 12.7. The van der Waals surface area contributed by atoms with Gasteiger partial charge in [-0.1, -0.05) is 0 Å². The first-order chi connectivity index (χ1) is 8.15. The van der Waals surface area contributed by atoms with Crippen molar-refractivity contribution in [1.82, 2.24) is 15.3 Å². The third-order valence-corrected chi connectivity index (χ3v) is 2.27.